The lowest BCUT2D eigenvalue weighted by Gasteiger charge is -2.07. The van der Waals surface area contributed by atoms with Crippen molar-refractivity contribution in [2.24, 2.45) is 0 Å². The van der Waals surface area contributed by atoms with Gasteiger partial charge in [0.2, 0.25) is 5.89 Å². The highest BCUT2D eigenvalue weighted by Gasteiger charge is 2.07. The minimum atomic E-state index is -0.390. The predicted octanol–water partition coefficient (Wildman–Crippen LogP) is 3.08. The van der Waals surface area contributed by atoms with Crippen molar-refractivity contribution in [3.63, 3.8) is 0 Å². The van der Waals surface area contributed by atoms with Crippen LogP contribution in [0.5, 0.6) is 5.75 Å². The molecule has 20 heavy (non-hydrogen) atoms. The molecule has 0 N–H and O–H groups in total. The van der Waals surface area contributed by atoms with E-state index in [9.17, 15) is 4.79 Å². The summed E-state index contributed by atoms with van der Waals surface area (Å²) in [5.74, 6) is 1.03. The maximum absolute atomic E-state index is 11.8. The lowest BCUT2D eigenvalue weighted by atomic mass is 10.2. The van der Waals surface area contributed by atoms with E-state index in [2.05, 4.69) is 4.98 Å². The third-order valence-electron chi connectivity index (χ3n) is 3.02. The molecule has 1 aromatic heterocycles. The first-order valence-electron chi connectivity index (χ1n) is 6.31. The second kappa shape index (κ2) is 5.17. The van der Waals surface area contributed by atoms with E-state index in [0.29, 0.717) is 10.9 Å². The Hall–Kier alpha value is -2.62. The largest absolute Gasteiger partial charge is 0.484 e. The topological polar surface area (TPSA) is 52.3 Å². The van der Waals surface area contributed by atoms with Crippen LogP contribution in [0.2, 0.25) is 0 Å². The number of nitrogens with zero attached hydrogens (tertiary/aromatic N) is 1. The van der Waals surface area contributed by atoms with Crippen molar-refractivity contribution < 1.29 is 9.15 Å². The Balaban J connectivity index is 1.88. The Morgan fingerprint density at radius 2 is 1.85 bits per heavy atom. The smallest absolute Gasteiger partial charge is 0.346 e. The molecule has 0 aliphatic heterocycles. The van der Waals surface area contributed by atoms with Crippen molar-refractivity contribution in [2.75, 3.05) is 0 Å². The summed E-state index contributed by atoms with van der Waals surface area (Å²) in [7, 11) is 0. The zero-order valence-corrected chi connectivity index (χ0v) is 11.0. The molecule has 100 valence electrons. The Labute approximate surface area is 115 Å². The van der Waals surface area contributed by atoms with E-state index < -0.39 is 0 Å². The summed E-state index contributed by atoms with van der Waals surface area (Å²) in [5, 5.41) is 0.479. The van der Waals surface area contributed by atoms with Gasteiger partial charge >= 0.3 is 5.63 Å². The fraction of sp³-hybridized carbons (Fsp3) is 0.125. The number of benzene rings is 2. The summed E-state index contributed by atoms with van der Waals surface area (Å²) in [6, 6.07) is 14.8. The van der Waals surface area contributed by atoms with Gasteiger partial charge in [-0.3, -0.25) is 0 Å². The lowest BCUT2D eigenvalue weighted by Crippen LogP contribution is -2.07. The van der Waals surface area contributed by atoms with Gasteiger partial charge in [-0.2, -0.15) is 0 Å². The summed E-state index contributed by atoms with van der Waals surface area (Å²) in [6.07, 6.45) is 0. The van der Waals surface area contributed by atoms with Gasteiger partial charge in [0, 0.05) is 0 Å². The van der Waals surface area contributed by atoms with Crippen molar-refractivity contribution >= 4 is 10.9 Å². The molecule has 0 radical (unpaired) electrons. The third-order valence-corrected chi connectivity index (χ3v) is 3.02. The molecule has 0 saturated heterocycles. The van der Waals surface area contributed by atoms with Crippen LogP contribution in [-0.2, 0) is 6.61 Å². The summed E-state index contributed by atoms with van der Waals surface area (Å²) in [5.41, 5.74) is 1.25. The number of fused-ring (bicyclic) bond motifs is 1. The van der Waals surface area contributed by atoms with Crippen LogP contribution < -0.4 is 10.4 Å². The van der Waals surface area contributed by atoms with Crippen LogP contribution in [0.15, 0.2) is 57.7 Å². The normalized spacial score (nSPS) is 10.7. The molecule has 0 spiro atoms. The Morgan fingerprint density at radius 3 is 2.70 bits per heavy atom. The Morgan fingerprint density at radius 1 is 1.10 bits per heavy atom. The molecular formula is C16H13NO3. The zero-order valence-electron chi connectivity index (χ0n) is 11.0. The predicted molar refractivity (Wildman–Crippen MR) is 75.8 cm³/mol. The SMILES string of the molecule is Cc1ccccc1OCc1nc2ccccc2c(=O)o1. The minimum Gasteiger partial charge on any atom is -0.484 e. The molecule has 0 fully saturated rings. The summed E-state index contributed by atoms with van der Waals surface area (Å²) < 4.78 is 10.8. The second-order valence-electron chi connectivity index (χ2n) is 4.47. The molecular weight excluding hydrogens is 254 g/mol. The van der Waals surface area contributed by atoms with E-state index in [0.717, 1.165) is 11.3 Å². The van der Waals surface area contributed by atoms with Crippen molar-refractivity contribution in [2.45, 2.75) is 13.5 Å². The number of aryl methyl sites for hydroxylation is 1. The van der Waals surface area contributed by atoms with Crippen LogP contribution in [0.4, 0.5) is 0 Å². The van der Waals surface area contributed by atoms with Crippen LogP contribution in [-0.4, -0.2) is 4.98 Å². The lowest BCUT2D eigenvalue weighted by molar-refractivity contribution is 0.252. The van der Waals surface area contributed by atoms with Crippen LogP contribution in [0, 0.1) is 6.92 Å². The standard InChI is InChI=1S/C16H13NO3/c1-11-6-2-5-9-14(11)19-10-15-17-13-8-4-3-7-12(13)16(18)20-15/h2-9H,10H2,1H3. The highest BCUT2D eigenvalue weighted by molar-refractivity contribution is 5.76. The van der Waals surface area contributed by atoms with Crippen LogP contribution in [0.1, 0.15) is 11.5 Å². The molecule has 0 aliphatic carbocycles. The third kappa shape index (κ3) is 2.40. The zero-order chi connectivity index (χ0) is 13.9. The van der Waals surface area contributed by atoms with Crippen LogP contribution >= 0.6 is 0 Å². The van der Waals surface area contributed by atoms with Crippen LogP contribution in [0.3, 0.4) is 0 Å². The van der Waals surface area contributed by atoms with E-state index in [1.807, 2.05) is 37.3 Å². The average Bonchev–Trinajstić information content (AvgIpc) is 2.46. The van der Waals surface area contributed by atoms with Gasteiger partial charge in [0.1, 0.15) is 5.75 Å². The molecule has 3 rings (SSSR count). The molecule has 0 atom stereocenters. The minimum absolute atomic E-state index is 0.130. The number of ether oxygens (including phenoxy) is 1. The fourth-order valence-electron chi connectivity index (χ4n) is 1.98. The monoisotopic (exact) mass is 267 g/mol. The van der Waals surface area contributed by atoms with E-state index in [1.165, 1.54) is 0 Å². The molecule has 2 aromatic carbocycles. The van der Waals surface area contributed by atoms with Gasteiger partial charge in [0.05, 0.1) is 10.9 Å². The van der Waals surface area contributed by atoms with Gasteiger partial charge in [0.15, 0.2) is 6.61 Å². The first-order chi connectivity index (χ1) is 9.74. The number of rotatable bonds is 3. The summed E-state index contributed by atoms with van der Waals surface area (Å²) >= 11 is 0. The fourth-order valence-corrected chi connectivity index (χ4v) is 1.98. The Bertz CT molecular complexity index is 808. The molecule has 0 bridgehead atoms. The van der Waals surface area contributed by atoms with Gasteiger partial charge in [-0.1, -0.05) is 30.3 Å². The average molecular weight is 267 g/mol. The maximum atomic E-state index is 11.8. The van der Waals surface area contributed by atoms with E-state index in [4.69, 9.17) is 9.15 Å². The van der Waals surface area contributed by atoms with Crippen molar-refractivity contribution in [1.29, 1.82) is 0 Å². The number of para-hydroxylation sites is 2. The second-order valence-corrected chi connectivity index (χ2v) is 4.47. The van der Waals surface area contributed by atoms with Gasteiger partial charge in [0.25, 0.3) is 0 Å². The molecule has 4 nitrogen and oxygen atoms in total. The van der Waals surface area contributed by atoms with Crippen LogP contribution in [0.25, 0.3) is 10.9 Å². The summed E-state index contributed by atoms with van der Waals surface area (Å²) in [4.78, 5) is 16.1. The first kappa shape index (κ1) is 12.4. The number of hydrogen-bond acceptors (Lipinski definition) is 4. The van der Waals surface area contributed by atoms with E-state index in [1.54, 1.807) is 18.2 Å². The van der Waals surface area contributed by atoms with Gasteiger partial charge in [-0.15, -0.1) is 0 Å². The molecule has 0 saturated carbocycles. The maximum Gasteiger partial charge on any atom is 0.346 e. The highest BCUT2D eigenvalue weighted by Crippen LogP contribution is 2.17. The highest BCUT2D eigenvalue weighted by atomic mass is 16.5. The molecule has 0 unspecified atom stereocenters. The number of aromatic nitrogens is 1. The van der Waals surface area contributed by atoms with E-state index in [-0.39, 0.29) is 18.1 Å². The van der Waals surface area contributed by atoms with E-state index >= 15 is 0 Å². The molecule has 4 heteroatoms. The first-order valence-corrected chi connectivity index (χ1v) is 6.31. The molecule has 0 amide bonds. The summed E-state index contributed by atoms with van der Waals surface area (Å²) in [6.45, 7) is 2.09. The quantitative estimate of drug-likeness (QED) is 0.731. The van der Waals surface area contributed by atoms with Gasteiger partial charge < -0.3 is 9.15 Å². The molecule has 3 aromatic rings. The molecule has 1 heterocycles. The van der Waals surface area contributed by atoms with Crippen molar-refractivity contribution in [3.8, 4) is 5.75 Å². The van der Waals surface area contributed by atoms with Gasteiger partial charge in [-0.05, 0) is 30.7 Å². The van der Waals surface area contributed by atoms with Gasteiger partial charge in [-0.25, -0.2) is 9.78 Å². The molecule has 0 aliphatic rings. The van der Waals surface area contributed by atoms with Crippen molar-refractivity contribution in [1.82, 2.24) is 4.98 Å². The van der Waals surface area contributed by atoms with Crippen molar-refractivity contribution in [3.05, 3.63) is 70.4 Å². The number of hydrogen-bond donors (Lipinski definition) is 0. The Kier molecular flexibility index (Phi) is 3.21.